The molecular formula is C9H6N6O2S2. The van der Waals surface area contributed by atoms with Crippen molar-refractivity contribution in [1.82, 2.24) is 30.2 Å². The van der Waals surface area contributed by atoms with Gasteiger partial charge in [0, 0.05) is 5.39 Å². The van der Waals surface area contributed by atoms with Crippen LogP contribution in [0.5, 0.6) is 0 Å². The molecule has 0 spiro atoms. The molecule has 0 aromatic carbocycles. The third-order valence-electron chi connectivity index (χ3n) is 2.20. The second kappa shape index (κ2) is 4.90. The summed E-state index contributed by atoms with van der Waals surface area (Å²) in [6.07, 6.45) is 1.46. The van der Waals surface area contributed by atoms with E-state index in [0.717, 1.165) is 10.2 Å². The number of hydrogen-bond donors (Lipinski definition) is 1. The smallest absolute Gasteiger partial charge is 0.325 e. The van der Waals surface area contributed by atoms with Gasteiger partial charge in [-0.1, -0.05) is 0 Å². The highest BCUT2D eigenvalue weighted by Gasteiger charge is 2.14. The molecule has 0 atom stereocenters. The van der Waals surface area contributed by atoms with Crippen molar-refractivity contribution in [1.29, 1.82) is 0 Å². The molecule has 0 aliphatic rings. The van der Waals surface area contributed by atoms with Crippen LogP contribution >= 0.6 is 23.1 Å². The average molecular weight is 294 g/mol. The lowest BCUT2D eigenvalue weighted by atomic mass is 10.4. The highest BCUT2D eigenvalue weighted by molar-refractivity contribution is 7.99. The summed E-state index contributed by atoms with van der Waals surface area (Å²) in [5.74, 6) is -1.00. The molecule has 0 fully saturated rings. The second-order valence-corrected chi connectivity index (χ2v) is 5.28. The minimum Gasteiger partial charge on any atom is -0.480 e. The van der Waals surface area contributed by atoms with Gasteiger partial charge in [-0.3, -0.25) is 4.79 Å². The zero-order valence-corrected chi connectivity index (χ0v) is 10.9. The molecule has 0 aliphatic carbocycles. The summed E-state index contributed by atoms with van der Waals surface area (Å²) in [4.78, 5) is 19.9. The summed E-state index contributed by atoms with van der Waals surface area (Å²) < 4.78 is 1.22. The molecule has 3 aromatic heterocycles. The van der Waals surface area contributed by atoms with Gasteiger partial charge >= 0.3 is 5.97 Å². The van der Waals surface area contributed by atoms with Gasteiger partial charge in [0.1, 0.15) is 22.7 Å². The number of fused-ring (bicyclic) bond motifs is 1. The van der Waals surface area contributed by atoms with Crippen LogP contribution < -0.4 is 0 Å². The van der Waals surface area contributed by atoms with Gasteiger partial charge in [0.05, 0.1) is 0 Å². The lowest BCUT2D eigenvalue weighted by Crippen LogP contribution is -2.11. The van der Waals surface area contributed by atoms with E-state index in [2.05, 4.69) is 25.5 Å². The van der Waals surface area contributed by atoms with E-state index in [0.29, 0.717) is 10.2 Å². The van der Waals surface area contributed by atoms with E-state index in [1.807, 2.05) is 11.4 Å². The molecular weight excluding hydrogens is 288 g/mol. The predicted octanol–water partition coefficient (Wildman–Crippen LogP) is 0.914. The van der Waals surface area contributed by atoms with Gasteiger partial charge < -0.3 is 5.11 Å². The third kappa shape index (κ3) is 2.39. The highest BCUT2D eigenvalue weighted by Crippen LogP contribution is 2.31. The summed E-state index contributed by atoms with van der Waals surface area (Å²) >= 11 is 2.73. The van der Waals surface area contributed by atoms with Crippen LogP contribution in [0.4, 0.5) is 0 Å². The van der Waals surface area contributed by atoms with Crippen LogP contribution in [0.3, 0.4) is 0 Å². The van der Waals surface area contributed by atoms with E-state index in [1.165, 1.54) is 34.1 Å². The molecule has 8 nitrogen and oxygen atoms in total. The standard InChI is InChI=1S/C9H6N6O2S2/c16-6(17)3-15-9(12-13-14-15)19-8-5-1-2-18-7(5)10-4-11-8/h1-2,4H,3H2,(H,16,17). The molecule has 10 heteroatoms. The third-order valence-corrected chi connectivity index (χ3v) is 4.01. The van der Waals surface area contributed by atoms with Gasteiger partial charge in [0.25, 0.3) is 0 Å². The van der Waals surface area contributed by atoms with Crippen LogP contribution in [0.1, 0.15) is 0 Å². The van der Waals surface area contributed by atoms with Crippen LogP contribution in [0, 0.1) is 0 Å². The lowest BCUT2D eigenvalue weighted by Gasteiger charge is -2.01. The van der Waals surface area contributed by atoms with Gasteiger partial charge in [0.2, 0.25) is 5.16 Å². The Morgan fingerprint density at radius 1 is 1.47 bits per heavy atom. The van der Waals surface area contributed by atoms with Gasteiger partial charge in [0.15, 0.2) is 0 Å². The number of tetrazole rings is 1. The first-order chi connectivity index (χ1) is 9.24. The molecule has 3 rings (SSSR count). The zero-order chi connectivity index (χ0) is 13.2. The molecule has 0 saturated heterocycles. The van der Waals surface area contributed by atoms with Crippen molar-refractivity contribution in [2.75, 3.05) is 0 Å². The Morgan fingerprint density at radius 3 is 3.21 bits per heavy atom. The number of carboxylic acid groups (broad SMARTS) is 1. The van der Waals surface area contributed by atoms with E-state index in [-0.39, 0.29) is 6.54 Å². The number of carboxylic acids is 1. The van der Waals surface area contributed by atoms with Crippen molar-refractivity contribution in [2.24, 2.45) is 0 Å². The summed E-state index contributed by atoms with van der Waals surface area (Å²) in [6, 6.07) is 1.91. The summed E-state index contributed by atoms with van der Waals surface area (Å²) in [5.41, 5.74) is 0. The minimum atomic E-state index is -1.00. The zero-order valence-electron chi connectivity index (χ0n) is 9.29. The lowest BCUT2D eigenvalue weighted by molar-refractivity contribution is -0.138. The molecule has 0 aliphatic heterocycles. The maximum absolute atomic E-state index is 10.7. The molecule has 3 heterocycles. The van der Waals surface area contributed by atoms with Crippen molar-refractivity contribution < 1.29 is 9.90 Å². The molecule has 96 valence electrons. The highest BCUT2D eigenvalue weighted by atomic mass is 32.2. The second-order valence-electron chi connectivity index (χ2n) is 3.43. The molecule has 0 unspecified atom stereocenters. The number of hydrogen-bond acceptors (Lipinski definition) is 8. The summed E-state index contributed by atoms with van der Waals surface area (Å²) in [5, 5.41) is 23.6. The van der Waals surface area contributed by atoms with E-state index in [4.69, 9.17) is 5.11 Å². The Balaban J connectivity index is 1.95. The summed E-state index contributed by atoms with van der Waals surface area (Å²) in [6.45, 7) is -0.285. The van der Waals surface area contributed by atoms with Crippen molar-refractivity contribution in [3.63, 3.8) is 0 Å². The Bertz CT molecular complexity index is 739. The topological polar surface area (TPSA) is 107 Å². The normalized spacial score (nSPS) is 10.9. The van der Waals surface area contributed by atoms with Gasteiger partial charge in [-0.05, 0) is 33.6 Å². The summed E-state index contributed by atoms with van der Waals surface area (Å²) in [7, 11) is 0. The van der Waals surface area contributed by atoms with Crippen LogP contribution in [0.2, 0.25) is 0 Å². The molecule has 0 saturated carbocycles. The van der Waals surface area contributed by atoms with Crippen molar-refractivity contribution in [3.05, 3.63) is 17.8 Å². The van der Waals surface area contributed by atoms with Crippen LogP contribution in [-0.4, -0.2) is 41.3 Å². The SMILES string of the molecule is O=C(O)Cn1nnnc1Sc1ncnc2sccc12. The Labute approximate surface area is 114 Å². The first-order valence-electron chi connectivity index (χ1n) is 5.08. The van der Waals surface area contributed by atoms with Gasteiger partial charge in [-0.15, -0.1) is 16.4 Å². The van der Waals surface area contributed by atoms with E-state index >= 15 is 0 Å². The molecule has 0 radical (unpaired) electrons. The van der Waals surface area contributed by atoms with Crippen LogP contribution in [0.15, 0.2) is 28.0 Å². The molecule has 3 aromatic rings. The predicted molar refractivity (Wildman–Crippen MR) is 67.0 cm³/mol. The van der Waals surface area contributed by atoms with Crippen molar-refractivity contribution >= 4 is 39.3 Å². The Hall–Kier alpha value is -2.07. The number of aliphatic carboxylic acids is 1. The van der Waals surface area contributed by atoms with E-state index in [1.54, 1.807) is 0 Å². The minimum absolute atomic E-state index is 0.285. The Kier molecular flexibility index (Phi) is 3.09. The number of carbonyl (C=O) groups is 1. The van der Waals surface area contributed by atoms with Gasteiger partial charge in [-0.25, -0.2) is 14.6 Å². The van der Waals surface area contributed by atoms with Crippen molar-refractivity contribution in [2.45, 2.75) is 16.7 Å². The fraction of sp³-hybridized carbons (Fsp3) is 0.111. The fourth-order valence-electron chi connectivity index (χ4n) is 1.43. The van der Waals surface area contributed by atoms with Crippen molar-refractivity contribution in [3.8, 4) is 0 Å². The first kappa shape index (κ1) is 12.0. The number of rotatable bonds is 4. The first-order valence-corrected chi connectivity index (χ1v) is 6.77. The van der Waals surface area contributed by atoms with Crippen LogP contribution in [0.25, 0.3) is 10.2 Å². The van der Waals surface area contributed by atoms with E-state index in [9.17, 15) is 4.79 Å². The molecule has 0 amide bonds. The van der Waals surface area contributed by atoms with Gasteiger partial charge in [-0.2, -0.15) is 0 Å². The quantitative estimate of drug-likeness (QED) is 0.708. The fourth-order valence-corrected chi connectivity index (χ4v) is 3.06. The largest absolute Gasteiger partial charge is 0.480 e. The average Bonchev–Trinajstić information content (AvgIpc) is 2.99. The monoisotopic (exact) mass is 294 g/mol. The van der Waals surface area contributed by atoms with E-state index < -0.39 is 5.97 Å². The maximum atomic E-state index is 10.7. The Morgan fingerprint density at radius 2 is 2.37 bits per heavy atom. The number of nitrogens with zero attached hydrogens (tertiary/aromatic N) is 6. The number of thiophene rings is 1. The molecule has 1 N–H and O–H groups in total. The molecule has 0 bridgehead atoms. The molecule has 19 heavy (non-hydrogen) atoms. The maximum Gasteiger partial charge on any atom is 0.325 e. The number of aromatic nitrogens is 6. The van der Waals surface area contributed by atoms with Crippen LogP contribution in [-0.2, 0) is 11.3 Å².